The van der Waals surface area contributed by atoms with Crippen molar-refractivity contribution >= 4 is 21.5 Å². The minimum atomic E-state index is -0.152. The van der Waals surface area contributed by atoms with Crippen LogP contribution >= 0.6 is 0 Å². The Balaban J connectivity index is 1.29. The van der Waals surface area contributed by atoms with E-state index in [4.69, 9.17) is 9.97 Å². The molecule has 0 N–H and O–H groups in total. The Morgan fingerprint density at radius 2 is 1.12 bits per heavy atom. The number of benzene rings is 7. The molecule has 49 heavy (non-hydrogen) atoms. The molecule has 0 aliphatic heterocycles. The Bertz CT molecular complexity index is 2630. The van der Waals surface area contributed by atoms with Crippen LogP contribution in [0.1, 0.15) is 30.5 Å². The summed E-state index contributed by atoms with van der Waals surface area (Å²) in [6.07, 6.45) is 0. The summed E-state index contributed by atoms with van der Waals surface area (Å²) in [5.74, 6) is 0.696. The van der Waals surface area contributed by atoms with Gasteiger partial charge in [0.25, 0.3) is 0 Å². The van der Waals surface area contributed by atoms with Crippen molar-refractivity contribution in [3.63, 3.8) is 0 Å². The van der Waals surface area contributed by atoms with Gasteiger partial charge in [-0.25, -0.2) is 9.97 Å². The molecule has 1 aliphatic rings. The summed E-state index contributed by atoms with van der Waals surface area (Å²) in [6.45, 7) is 4.66. The molecule has 0 saturated carbocycles. The molecule has 0 amide bonds. The molecule has 0 unspecified atom stereocenters. The molecule has 0 fully saturated rings. The molecule has 0 spiro atoms. The van der Waals surface area contributed by atoms with Gasteiger partial charge in [0.15, 0.2) is 5.82 Å². The van der Waals surface area contributed by atoms with Crippen LogP contribution in [-0.2, 0) is 5.41 Å². The van der Waals surface area contributed by atoms with Crippen molar-refractivity contribution in [2.24, 2.45) is 0 Å². The van der Waals surface area contributed by atoms with Crippen LogP contribution in [0.25, 0.3) is 77.7 Å². The van der Waals surface area contributed by atoms with Crippen molar-refractivity contribution in [3.05, 3.63) is 168 Å². The second-order valence-corrected chi connectivity index (χ2v) is 13.3. The average Bonchev–Trinajstić information content (AvgIpc) is 3.38. The Hall–Kier alpha value is -6.37. The van der Waals surface area contributed by atoms with E-state index in [9.17, 15) is 5.26 Å². The van der Waals surface area contributed by atoms with Gasteiger partial charge < -0.3 is 0 Å². The topological polar surface area (TPSA) is 49.6 Å². The molecule has 7 aromatic carbocycles. The molecule has 0 saturated heterocycles. The highest BCUT2D eigenvalue weighted by Crippen LogP contribution is 2.53. The minimum Gasteiger partial charge on any atom is -0.228 e. The van der Waals surface area contributed by atoms with E-state index in [0.717, 1.165) is 50.0 Å². The lowest BCUT2D eigenvalue weighted by Crippen LogP contribution is -2.14. The summed E-state index contributed by atoms with van der Waals surface area (Å²) in [5, 5.41) is 14.1. The first-order valence-electron chi connectivity index (χ1n) is 16.6. The summed E-state index contributed by atoms with van der Waals surface area (Å²) in [7, 11) is 0. The maximum absolute atomic E-state index is 9.35. The third-order valence-electron chi connectivity index (χ3n) is 10.1. The van der Waals surface area contributed by atoms with Gasteiger partial charge in [-0.3, -0.25) is 0 Å². The number of hydrogen-bond donors (Lipinski definition) is 0. The Morgan fingerprint density at radius 3 is 1.86 bits per heavy atom. The van der Waals surface area contributed by atoms with E-state index in [-0.39, 0.29) is 5.41 Å². The zero-order valence-corrected chi connectivity index (χ0v) is 27.3. The molecule has 230 valence electrons. The minimum absolute atomic E-state index is 0.152. The average molecular weight is 626 g/mol. The second-order valence-electron chi connectivity index (χ2n) is 13.3. The van der Waals surface area contributed by atoms with Crippen LogP contribution in [0.3, 0.4) is 0 Å². The first kappa shape index (κ1) is 28.8. The fourth-order valence-electron chi connectivity index (χ4n) is 7.62. The number of rotatable bonds is 4. The first-order chi connectivity index (χ1) is 24.0. The highest BCUT2D eigenvalue weighted by Gasteiger charge is 2.37. The van der Waals surface area contributed by atoms with Gasteiger partial charge in [-0.05, 0) is 85.3 Å². The SMILES string of the molecule is CC1(C)c2cc3ccccc3cc2-c2c(-c3cc(-c4ccc(-c5ccc(C#N)cc5)c5ccccc45)nc(-c4ccccc4)n3)cccc21. The lowest BCUT2D eigenvalue weighted by Gasteiger charge is -2.22. The maximum Gasteiger partial charge on any atom is 0.160 e. The van der Waals surface area contributed by atoms with E-state index in [2.05, 4.69) is 129 Å². The molecule has 0 atom stereocenters. The molecule has 0 bridgehead atoms. The van der Waals surface area contributed by atoms with E-state index in [1.54, 1.807) is 0 Å². The highest BCUT2D eigenvalue weighted by atomic mass is 14.9. The lowest BCUT2D eigenvalue weighted by molar-refractivity contribution is 0.661. The Morgan fingerprint density at radius 1 is 0.490 bits per heavy atom. The molecule has 9 rings (SSSR count). The quantitative estimate of drug-likeness (QED) is 0.195. The van der Waals surface area contributed by atoms with Crippen LogP contribution < -0.4 is 0 Å². The first-order valence-corrected chi connectivity index (χ1v) is 16.6. The van der Waals surface area contributed by atoms with Crippen LogP contribution in [0.5, 0.6) is 0 Å². The van der Waals surface area contributed by atoms with Crippen molar-refractivity contribution in [1.29, 1.82) is 5.26 Å². The van der Waals surface area contributed by atoms with Crippen molar-refractivity contribution < 1.29 is 0 Å². The number of fused-ring (bicyclic) bond motifs is 5. The van der Waals surface area contributed by atoms with Gasteiger partial charge in [-0.2, -0.15) is 5.26 Å². The Labute approximate surface area is 285 Å². The summed E-state index contributed by atoms with van der Waals surface area (Å²) in [6, 6.07) is 55.3. The van der Waals surface area contributed by atoms with Gasteiger partial charge in [-0.15, -0.1) is 0 Å². The number of aromatic nitrogens is 2. The zero-order valence-electron chi connectivity index (χ0n) is 27.3. The van der Waals surface area contributed by atoms with E-state index >= 15 is 0 Å². The van der Waals surface area contributed by atoms with Gasteiger partial charge >= 0.3 is 0 Å². The van der Waals surface area contributed by atoms with Gasteiger partial charge in [-0.1, -0.05) is 135 Å². The van der Waals surface area contributed by atoms with Crippen LogP contribution in [0, 0.1) is 11.3 Å². The fraction of sp³-hybridized carbons (Fsp3) is 0.0652. The number of nitriles is 1. The van der Waals surface area contributed by atoms with Crippen LogP contribution in [0.2, 0.25) is 0 Å². The summed E-state index contributed by atoms with van der Waals surface area (Å²) < 4.78 is 0. The molecule has 1 aromatic heterocycles. The monoisotopic (exact) mass is 625 g/mol. The fourth-order valence-corrected chi connectivity index (χ4v) is 7.62. The van der Waals surface area contributed by atoms with Crippen molar-refractivity contribution in [2.75, 3.05) is 0 Å². The molecule has 1 heterocycles. The standard InChI is InChI=1S/C46H31N3/c1-46(2)40-18-10-17-38(44(40)39-25-32-13-6-7-14-33(32)26-41(39)46)43-27-42(48-45(49-43)31-11-4-3-5-12-31)37-24-23-34(35-15-8-9-16-36(35)37)30-21-19-29(28-47)20-22-30/h3-27H,1-2H3. The third kappa shape index (κ3) is 4.65. The van der Waals surface area contributed by atoms with Gasteiger partial charge in [0.2, 0.25) is 0 Å². The molecular formula is C46H31N3. The summed E-state index contributed by atoms with van der Waals surface area (Å²) in [4.78, 5) is 10.5. The lowest BCUT2D eigenvalue weighted by atomic mass is 9.81. The predicted octanol–water partition coefficient (Wildman–Crippen LogP) is 11.6. The summed E-state index contributed by atoms with van der Waals surface area (Å²) >= 11 is 0. The predicted molar refractivity (Wildman–Crippen MR) is 201 cm³/mol. The zero-order chi connectivity index (χ0) is 33.1. The molecule has 3 nitrogen and oxygen atoms in total. The third-order valence-corrected chi connectivity index (χ3v) is 10.1. The Kier molecular flexibility index (Phi) is 6.54. The molecular weight excluding hydrogens is 595 g/mol. The van der Waals surface area contributed by atoms with Gasteiger partial charge in [0, 0.05) is 22.1 Å². The smallest absolute Gasteiger partial charge is 0.160 e. The van der Waals surface area contributed by atoms with E-state index in [1.807, 2.05) is 42.5 Å². The summed E-state index contributed by atoms with van der Waals surface area (Å²) in [5.41, 5.74) is 12.8. The second kappa shape index (κ2) is 11.1. The van der Waals surface area contributed by atoms with Crippen LogP contribution in [-0.4, -0.2) is 9.97 Å². The van der Waals surface area contributed by atoms with Crippen molar-refractivity contribution in [2.45, 2.75) is 19.3 Å². The maximum atomic E-state index is 9.35. The number of nitrogens with zero attached hydrogens (tertiary/aromatic N) is 3. The normalized spacial score (nSPS) is 12.8. The van der Waals surface area contributed by atoms with Crippen LogP contribution in [0.4, 0.5) is 0 Å². The molecule has 1 aliphatic carbocycles. The molecule has 0 radical (unpaired) electrons. The van der Waals surface area contributed by atoms with Gasteiger partial charge in [0.05, 0.1) is 23.0 Å². The molecule has 8 aromatic rings. The number of hydrogen-bond acceptors (Lipinski definition) is 3. The van der Waals surface area contributed by atoms with E-state index < -0.39 is 0 Å². The largest absolute Gasteiger partial charge is 0.228 e. The highest BCUT2D eigenvalue weighted by molar-refractivity contribution is 6.05. The van der Waals surface area contributed by atoms with Crippen molar-refractivity contribution in [1.82, 2.24) is 9.97 Å². The van der Waals surface area contributed by atoms with E-state index in [0.29, 0.717) is 11.4 Å². The molecule has 3 heteroatoms. The van der Waals surface area contributed by atoms with Crippen LogP contribution in [0.15, 0.2) is 152 Å². The van der Waals surface area contributed by atoms with E-state index in [1.165, 1.54) is 33.0 Å². The van der Waals surface area contributed by atoms with Gasteiger partial charge in [0.1, 0.15) is 0 Å². The van der Waals surface area contributed by atoms with Crippen molar-refractivity contribution in [3.8, 4) is 62.2 Å².